The molecule has 0 radical (unpaired) electrons. The summed E-state index contributed by atoms with van der Waals surface area (Å²) < 4.78 is 4.79. The number of aromatic amines is 1. The van der Waals surface area contributed by atoms with Crippen LogP contribution in [0.3, 0.4) is 0 Å². The van der Waals surface area contributed by atoms with Crippen molar-refractivity contribution in [2.45, 2.75) is 44.8 Å². The number of aromatic nitrogens is 10. The van der Waals surface area contributed by atoms with E-state index < -0.39 is 17.9 Å². The highest BCUT2D eigenvalue weighted by Gasteiger charge is 2.31. The van der Waals surface area contributed by atoms with Crippen molar-refractivity contribution in [2.75, 3.05) is 18.1 Å². The van der Waals surface area contributed by atoms with Gasteiger partial charge in [-0.3, -0.25) is 4.85 Å². The predicted molar refractivity (Wildman–Crippen MR) is 179 cm³/mol. The molecule has 0 aliphatic rings. The number of fused-ring (bicyclic) bond motifs is 1. The number of nitrogen functional groups attached to an aromatic ring is 2. The molecule has 0 saturated carbocycles. The maximum Gasteiger partial charge on any atom is 0.398 e. The first-order valence-electron chi connectivity index (χ1n) is 14.8. The Morgan fingerprint density at radius 1 is 0.846 bits per heavy atom. The molecule has 256 valence electrons. The van der Waals surface area contributed by atoms with E-state index in [1.54, 1.807) is 13.0 Å². The van der Waals surface area contributed by atoms with Crippen LogP contribution in [0.25, 0.3) is 25.8 Å². The van der Waals surface area contributed by atoms with E-state index in [2.05, 4.69) is 70.4 Å². The van der Waals surface area contributed by atoms with Crippen molar-refractivity contribution in [1.29, 1.82) is 15.8 Å². The van der Waals surface area contributed by atoms with Gasteiger partial charge in [-0.1, -0.05) is 0 Å². The van der Waals surface area contributed by atoms with Crippen LogP contribution in [0.2, 0.25) is 0 Å². The number of nitrogens with two attached hydrogens (primary N) is 2. The molecule has 0 aromatic carbocycles. The number of nitriles is 3. The Labute approximate surface area is 296 Å². The van der Waals surface area contributed by atoms with Crippen LogP contribution in [0.4, 0.5) is 11.6 Å². The Morgan fingerprint density at radius 2 is 1.46 bits per heavy atom. The van der Waals surface area contributed by atoms with Gasteiger partial charge in [0.05, 0.1) is 54.7 Å². The second-order valence-corrected chi connectivity index (χ2v) is 9.73. The molecule has 20 nitrogen and oxygen atoms in total. The van der Waals surface area contributed by atoms with Gasteiger partial charge < -0.3 is 30.9 Å². The molecular weight excluding hydrogens is 668 g/mol. The van der Waals surface area contributed by atoms with E-state index in [0.717, 1.165) is 0 Å². The van der Waals surface area contributed by atoms with Crippen molar-refractivity contribution < 1.29 is 9.53 Å². The second kappa shape index (κ2) is 19.6. The average molecular weight is 695 g/mol. The normalized spacial score (nSPS) is 10.8. The number of imidazole rings is 1. The number of nitrogens with one attached hydrogen (secondary N) is 1. The van der Waals surface area contributed by atoms with Gasteiger partial charge in [0.1, 0.15) is 17.4 Å². The van der Waals surface area contributed by atoms with Crippen molar-refractivity contribution >= 4 is 28.9 Å². The number of H-pyrrole nitrogens is 1. The molecule has 20 heteroatoms. The lowest BCUT2D eigenvalue weighted by molar-refractivity contribution is -0.143. The fourth-order valence-electron chi connectivity index (χ4n) is 4.03. The number of hydrogen-bond acceptors (Lipinski definition) is 16. The number of rotatable bonds is 9. The third kappa shape index (κ3) is 10.7. The minimum Gasteiger partial charge on any atom is -0.460 e. The van der Waals surface area contributed by atoms with Crippen LogP contribution < -0.4 is 11.5 Å². The quantitative estimate of drug-likeness (QED) is 0.147. The zero-order valence-electron chi connectivity index (χ0n) is 27.3. The summed E-state index contributed by atoms with van der Waals surface area (Å²) in [7, 11) is 0. The maximum atomic E-state index is 11.7. The van der Waals surface area contributed by atoms with Crippen LogP contribution in [-0.2, 0) is 35.5 Å². The van der Waals surface area contributed by atoms with Crippen LogP contribution in [0, 0.1) is 53.7 Å². The molecule has 0 fully saturated rings. The van der Waals surface area contributed by atoms with Crippen LogP contribution in [-0.4, -0.2) is 62.4 Å². The zero-order valence-corrected chi connectivity index (χ0v) is 27.3. The second-order valence-electron chi connectivity index (χ2n) is 9.73. The van der Waals surface area contributed by atoms with E-state index in [-0.39, 0.29) is 55.8 Å². The van der Waals surface area contributed by atoms with Crippen molar-refractivity contribution in [2.24, 2.45) is 0 Å². The highest BCUT2D eigenvalue weighted by Crippen LogP contribution is 2.23. The Kier molecular flexibility index (Phi) is 14.4. The third-order valence-corrected chi connectivity index (χ3v) is 6.17. The molecule has 5 heterocycles. The van der Waals surface area contributed by atoms with E-state index >= 15 is 0 Å². The van der Waals surface area contributed by atoms with Crippen molar-refractivity contribution in [3.8, 4) is 18.2 Å². The summed E-state index contributed by atoms with van der Waals surface area (Å²) in [6.45, 7) is 22.6. The number of hydrogen-bond donors (Lipinski definition) is 3. The van der Waals surface area contributed by atoms with Gasteiger partial charge in [0.2, 0.25) is 11.6 Å². The van der Waals surface area contributed by atoms with E-state index in [0.29, 0.717) is 39.9 Å². The Balaban J connectivity index is 0.000000234. The van der Waals surface area contributed by atoms with Crippen LogP contribution in [0.1, 0.15) is 59.1 Å². The van der Waals surface area contributed by atoms with Gasteiger partial charge >= 0.3 is 12.0 Å². The first-order chi connectivity index (χ1) is 25.2. The molecule has 0 amide bonds. The summed E-state index contributed by atoms with van der Waals surface area (Å²) in [5.41, 5.74) is 12.9. The van der Waals surface area contributed by atoms with Gasteiger partial charge in [0.25, 0.3) is 13.1 Å². The smallest absolute Gasteiger partial charge is 0.398 e. The minimum atomic E-state index is -1.27. The SMILES string of the molecule is Nc1nccnc1N.[C-]#[N+]Cc1cc(CC#N)nc(C([N+]#[C-])C(=O)OCC)n1.[C-]#[N+]Cc1nc(CC#N)cc(C(C#N)c2nc3nccnc3[nH]2)n1. The van der Waals surface area contributed by atoms with E-state index in [1.807, 2.05) is 12.1 Å². The largest absolute Gasteiger partial charge is 0.460 e. The van der Waals surface area contributed by atoms with Crippen molar-refractivity contribution in [3.63, 3.8) is 0 Å². The Hall–Kier alpha value is -8.20. The minimum absolute atomic E-state index is 0.00148. The highest BCUT2D eigenvalue weighted by atomic mass is 16.5. The first-order valence-corrected chi connectivity index (χ1v) is 14.8. The van der Waals surface area contributed by atoms with Gasteiger partial charge in [-0.15, -0.1) is 0 Å². The first kappa shape index (κ1) is 38.2. The van der Waals surface area contributed by atoms with E-state index in [9.17, 15) is 10.1 Å². The van der Waals surface area contributed by atoms with E-state index in [4.69, 9.17) is 46.4 Å². The summed E-state index contributed by atoms with van der Waals surface area (Å²) in [5.74, 6) is -0.351. The number of carbonyl (C=O) groups excluding carboxylic acids is 1. The fourth-order valence-corrected chi connectivity index (χ4v) is 4.03. The highest BCUT2D eigenvalue weighted by molar-refractivity contribution is 5.78. The Morgan fingerprint density at radius 3 is 2.02 bits per heavy atom. The summed E-state index contributed by atoms with van der Waals surface area (Å²) >= 11 is 0. The molecule has 0 aliphatic heterocycles. The maximum absolute atomic E-state index is 11.7. The molecule has 0 bridgehead atoms. The molecule has 2 unspecified atom stereocenters. The van der Waals surface area contributed by atoms with Crippen molar-refractivity contribution in [3.05, 3.63) is 111 Å². The lowest BCUT2D eigenvalue weighted by Gasteiger charge is -2.07. The molecular formula is C32H26N18O2. The lowest BCUT2D eigenvalue weighted by Crippen LogP contribution is -2.17. The predicted octanol–water partition coefficient (Wildman–Crippen LogP) is 2.41. The molecule has 2 atom stereocenters. The number of esters is 1. The summed E-state index contributed by atoms with van der Waals surface area (Å²) in [6, 6.07) is 7.91. The molecule has 0 saturated heterocycles. The molecule has 5 rings (SSSR count). The van der Waals surface area contributed by atoms with E-state index in [1.165, 1.54) is 30.9 Å². The van der Waals surface area contributed by atoms with Crippen LogP contribution in [0.5, 0.6) is 0 Å². The molecule has 0 spiro atoms. The van der Waals surface area contributed by atoms with Crippen LogP contribution >= 0.6 is 0 Å². The number of anilines is 2. The third-order valence-electron chi connectivity index (χ3n) is 6.17. The summed E-state index contributed by atoms with van der Waals surface area (Å²) in [5, 5.41) is 27.1. The summed E-state index contributed by atoms with van der Waals surface area (Å²) in [6.07, 6.45) is 6.11. The number of nitrogens with zero attached hydrogens (tertiary/aromatic N) is 15. The van der Waals surface area contributed by atoms with Crippen molar-refractivity contribution in [1.82, 2.24) is 49.8 Å². The van der Waals surface area contributed by atoms with Gasteiger partial charge in [0, 0.05) is 24.8 Å². The number of carbonyl (C=O) groups is 1. The average Bonchev–Trinajstić information content (AvgIpc) is 3.55. The molecule has 5 N–H and O–H groups in total. The Bertz CT molecular complexity index is 2160. The lowest BCUT2D eigenvalue weighted by atomic mass is 10.0. The fraction of sp³-hybridized carbons (Fsp3) is 0.250. The monoisotopic (exact) mass is 694 g/mol. The van der Waals surface area contributed by atoms with Gasteiger partial charge in [-0.25, -0.2) is 69.4 Å². The zero-order chi connectivity index (χ0) is 37.9. The van der Waals surface area contributed by atoms with Crippen LogP contribution in [0.15, 0.2) is 36.9 Å². The molecule has 52 heavy (non-hydrogen) atoms. The molecule has 5 aromatic rings. The number of ether oxygens (including phenoxy) is 1. The topological polar surface area (TPSA) is 295 Å². The molecule has 5 aromatic heterocycles. The standard InChI is InChI=1S/C15H9N9.C13H11N5O2.C4H6N4/c1-18-8-12-21-9(2-3-16)6-11(22-12)10(7-17)13-23-14-15(24-13)20-5-4-19-14;1-4-20-13(19)11(16-3)12-17-9(5-6-14)7-10(18-12)8-15-2;5-3-4(6)8-2-1-7-3/h4-6,10H,2,8H2,(H,19,20,23,24);7,11H,4-5,8H2,1H3;1-2H,(H2,5,7)(H2,6,8). The summed E-state index contributed by atoms with van der Waals surface area (Å²) in [4.78, 5) is 60.5. The van der Waals surface area contributed by atoms with Gasteiger partial charge in [0.15, 0.2) is 22.9 Å². The van der Waals surface area contributed by atoms with Gasteiger partial charge in [-0.05, 0) is 19.1 Å². The van der Waals surface area contributed by atoms with Gasteiger partial charge in [-0.2, -0.15) is 15.8 Å². The molecule has 0 aliphatic carbocycles.